The summed E-state index contributed by atoms with van der Waals surface area (Å²) in [5.74, 6) is -0.598. The molecule has 108 valence electrons. The van der Waals surface area contributed by atoms with Crippen molar-refractivity contribution >= 4 is 21.8 Å². The van der Waals surface area contributed by atoms with E-state index in [2.05, 4.69) is 15.9 Å². The van der Waals surface area contributed by atoms with E-state index in [1.165, 1.54) is 17.0 Å². The van der Waals surface area contributed by atoms with Gasteiger partial charge in [-0.05, 0) is 32.0 Å². The summed E-state index contributed by atoms with van der Waals surface area (Å²) in [4.78, 5) is 13.4. The number of amides is 1. The van der Waals surface area contributed by atoms with Crippen molar-refractivity contribution in [2.24, 2.45) is 0 Å². The number of nitriles is 1. The molecule has 20 heavy (non-hydrogen) atoms. The van der Waals surface area contributed by atoms with Crippen LogP contribution < -0.4 is 0 Å². The molecule has 0 aliphatic carbocycles. The molecule has 1 amide bonds. The lowest BCUT2D eigenvalue weighted by Crippen LogP contribution is -2.37. The fraction of sp³-hybridized carbons (Fsp3) is 0.385. The second-order valence-electron chi connectivity index (χ2n) is 4.38. The van der Waals surface area contributed by atoms with E-state index in [0.717, 1.165) is 6.07 Å². The standard InChI is InChI=1S/C13H12BrF3N2O/c1-8(2)19(6-5-18)12(20)9-3-4-11(14)10(7-9)13(15,16)17/h3-4,7-8H,6H2,1-2H3. The fourth-order valence-corrected chi connectivity index (χ4v) is 2.08. The zero-order valence-electron chi connectivity index (χ0n) is 10.8. The van der Waals surface area contributed by atoms with E-state index in [0.29, 0.717) is 0 Å². The maximum atomic E-state index is 12.8. The highest BCUT2D eigenvalue weighted by Gasteiger charge is 2.34. The van der Waals surface area contributed by atoms with Gasteiger partial charge in [0.15, 0.2) is 0 Å². The molecule has 0 fully saturated rings. The summed E-state index contributed by atoms with van der Waals surface area (Å²) < 4.78 is 38.3. The molecule has 0 saturated carbocycles. The van der Waals surface area contributed by atoms with E-state index in [1.807, 2.05) is 6.07 Å². The van der Waals surface area contributed by atoms with E-state index in [-0.39, 0.29) is 22.6 Å². The molecule has 1 rings (SSSR count). The lowest BCUT2D eigenvalue weighted by atomic mass is 10.1. The quantitative estimate of drug-likeness (QED) is 0.779. The number of alkyl halides is 3. The van der Waals surface area contributed by atoms with Crippen molar-refractivity contribution in [3.8, 4) is 6.07 Å². The molecular formula is C13H12BrF3N2O. The smallest absolute Gasteiger partial charge is 0.323 e. The van der Waals surface area contributed by atoms with E-state index in [4.69, 9.17) is 5.26 Å². The minimum atomic E-state index is -4.55. The molecule has 0 aromatic heterocycles. The Labute approximate surface area is 123 Å². The molecule has 1 aromatic carbocycles. The highest BCUT2D eigenvalue weighted by molar-refractivity contribution is 9.10. The minimum Gasteiger partial charge on any atom is -0.323 e. The molecule has 7 heteroatoms. The summed E-state index contributed by atoms with van der Waals surface area (Å²) in [7, 11) is 0. The van der Waals surface area contributed by atoms with Crippen LogP contribution in [0.2, 0.25) is 0 Å². The average molecular weight is 349 g/mol. The first-order valence-corrected chi connectivity index (χ1v) is 6.52. The van der Waals surface area contributed by atoms with Crippen molar-refractivity contribution in [1.29, 1.82) is 5.26 Å². The van der Waals surface area contributed by atoms with Crippen molar-refractivity contribution in [1.82, 2.24) is 4.90 Å². The topological polar surface area (TPSA) is 44.1 Å². The number of nitrogens with zero attached hydrogens (tertiary/aromatic N) is 2. The highest BCUT2D eigenvalue weighted by atomic mass is 79.9. The number of halogens is 4. The van der Waals surface area contributed by atoms with Crippen LogP contribution in [0.5, 0.6) is 0 Å². The van der Waals surface area contributed by atoms with Gasteiger partial charge in [-0.2, -0.15) is 18.4 Å². The largest absolute Gasteiger partial charge is 0.417 e. The molecule has 0 N–H and O–H groups in total. The van der Waals surface area contributed by atoms with Gasteiger partial charge in [-0.15, -0.1) is 0 Å². The summed E-state index contributed by atoms with van der Waals surface area (Å²) in [5.41, 5.74) is -1.01. The molecule has 0 spiro atoms. The zero-order valence-corrected chi connectivity index (χ0v) is 12.4. The van der Waals surface area contributed by atoms with E-state index < -0.39 is 17.6 Å². The van der Waals surface area contributed by atoms with Crippen LogP contribution in [-0.4, -0.2) is 23.4 Å². The SMILES string of the molecule is CC(C)N(CC#N)C(=O)c1ccc(Br)c(C(F)(F)F)c1. The normalized spacial score (nSPS) is 11.3. The predicted octanol–water partition coefficient (Wildman–Crippen LogP) is 3.84. The number of hydrogen-bond acceptors (Lipinski definition) is 2. The first-order chi connectivity index (χ1) is 9.18. The Hall–Kier alpha value is -1.55. The summed E-state index contributed by atoms with van der Waals surface area (Å²) >= 11 is 2.81. The number of carbonyl (C=O) groups excluding carboxylic acids is 1. The lowest BCUT2D eigenvalue weighted by molar-refractivity contribution is -0.138. The summed E-state index contributed by atoms with van der Waals surface area (Å²) in [6.45, 7) is 3.21. The highest BCUT2D eigenvalue weighted by Crippen LogP contribution is 2.35. The third kappa shape index (κ3) is 3.73. The molecule has 1 aromatic rings. The Balaban J connectivity index is 3.21. The Morgan fingerprint density at radius 2 is 2.05 bits per heavy atom. The Kier molecular flexibility index (Phi) is 5.17. The van der Waals surface area contributed by atoms with Crippen molar-refractivity contribution in [3.05, 3.63) is 33.8 Å². The first kappa shape index (κ1) is 16.5. The van der Waals surface area contributed by atoms with Gasteiger partial charge in [0.25, 0.3) is 5.91 Å². The molecule has 0 aliphatic rings. The van der Waals surface area contributed by atoms with Crippen LogP contribution in [0.1, 0.15) is 29.8 Å². The Bertz CT molecular complexity index is 550. The van der Waals surface area contributed by atoms with Gasteiger partial charge < -0.3 is 4.90 Å². The summed E-state index contributed by atoms with van der Waals surface area (Å²) in [5, 5.41) is 8.68. The molecule has 0 aliphatic heterocycles. The molecule has 0 heterocycles. The zero-order chi connectivity index (χ0) is 15.5. The van der Waals surface area contributed by atoms with Crippen molar-refractivity contribution in [2.75, 3.05) is 6.54 Å². The molecule has 3 nitrogen and oxygen atoms in total. The van der Waals surface area contributed by atoms with E-state index in [1.54, 1.807) is 13.8 Å². The maximum Gasteiger partial charge on any atom is 0.417 e. The maximum absolute atomic E-state index is 12.8. The van der Waals surface area contributed by atoms with Crippen molar-refractivity contribution in [3.63, 3.8) is 0 Å². The van der Waals surface area contributed by atoms with E-state index in [9.17, 15) is 18.0 Å². The van der Waals surface area contributed by atoms with Crippen molar-refractivity contribution < 1.29 is 18.0 Å². The predicted molar refractivity (Wildman–Crippen MR) is 70.9 cm³/mol. The number of hydrogen-bond donors (Lipinski definition) is 0. The van der Waals surface area contributed by atoms with Crippen LogP contribution in [0.3, 0.4) is 0 Å². The monoisotopic (exact) mass is 348 g/mol. The third-order valence-electron chi connectivity index (χ3n) is 2.64. The van der Waals surface area contributed by atoms with Gasteiger partial charge in [0.1, 0.15) is 6.54 Å². The number of benzene rings is 1. The summed E-state index contributed by atoms with van der Waals surface area (Å²) in [6.07, 6.45) is -4.55. The van der Waals surface area contributed by atoms with Crippen molar-refractivity contribution in [2.45, 2.75) is 26.1 Å². The van der Waals surface area contributed by atoms with Gasteiger partial charge in [0.2, 0.25) is 0 Å². The van der Waals surface area contributed by atoms with Crippen LogP contribution in [0.4, 0.5) is 13.2 Å². The third-order valence-corrected chi connectivity index (χ3v) is 3.34. The van der Waals surface area contributed by atoms with Gasteiger partial charge in [0, 0.05) is 16.1 Å². The Morgan fingerprint density at radius 3 is 2.50 bits per heavy atom. The average Bonchev–Trinajstić information content (AvgIpc) is 2.34. The number of rotatable bonds is 3. The van der Waals surface area contributed by atoms with Gasteiger partial charge >= 0.3 is 6.18 Å². The van der Waals surface area contributed by atoms with E-state index >= 15 is 0 Å². The molecule has 0 saturated heterocycles. The van der Waals surface area contributed by atoms with Crippen LogP contribution >= 0.6 is 15.9 Å². The van der Waals surface area contributed by atoms with Gasteiger partial charge in [-0.3, -0.25) is 4.79 Å². The van der Waals surface area contributed by atoms with Gasteiger partial charge in [-0.25, -0.2) is 0 Å². The van der Waals surface area contributed by atoms with Gasteiger partial charge in [0.05, 0.1) is 11.6 Å². The first-order valence-electron chi connectivity index (χ1n) is 5.73. The fourth-order valence-electron chi connectivity index (χ4n) is 1.61. The molecule has 0 radical (unpaired) electrons. The second kappa shape index (κ2) is 6.27. The van der Waals surface area contributed by atoms with Gasteiger partial charge in [-0.1, -0.05) is 15.9 Å². The lowest BCUT2D eigenvalue weighted by Gasteiger charge is -2.24. The van der Waals surface area contributed by atoms with Crippen LogP contribution in [0.15, 0.2) is 22.7 Å². The number of carbonyl (C=O) groups is 1. The molecule has 0 unspecified atom stereocenters. The molecule has 0 bridgehead atoms. The minimum absolute atomic E-state index is 0.0931. The van der Waals surface area contributed by atoms with Crippen LogP contribution in [-0.2, 0) is 6.18 Å². The second-order valence-corrected chi connectivity index (χ2v) is 5.23. The van der Waals surface area contributed by atoms with Crippen LogP contribution in [0, 0.1) is 11.3 Å². The van der Waals surface area contributed by atoms with Crippen LogP contribution in [0.25, 0.3) is 0 Å². The molecule has 0 atom stereocenters. The Morgan fingerprint density at radius 1 is 1.45 bits per heavy atom. The molecular weight excluding hydrogens is 337 g/mol. The summed E-state index contributed by atoms with van der Waals surface area (Å²) in [6, 6.07) is 4.82.